The van der Waals surface area contributed by atoms with E-state index < -0.39 is 5.91 Å². The van der Waals surface area contributed by atoms with Crippen LogP contribution in [0.25, 0.3) is 0 Å². The van der Waals surface area contributed by atoms with E-state index in [1.165, 1.54) is 44.7 Å². The van der Waals surface area contributed by atoms with Crippen LogP contribution in [-0.4, -0.2) is 97.2 Å². The lowest BCUT2D eigenvalue weighted by Gasteiger charge is -2.42. The Morgan fingerprint density at radius 3 is 2.45 bits per heavy atom. The molecule has 3 aliphatic heterocycles. The van der Waals surface area contributed by atoms with E-state index >= 15 is 0 Å². The minimum absolute atomic E-state index is 0.128. The lowest BCUT2D eigenvalue weighted by Crippen LogP contribution is -2.52. The molecule has 10 nitrogen and oxygen atoms in total. The number of hydrogen-bond acceptors (Lipinski definition) is 9. The predicted octanol–water partition coefficient (Wildman–Crippen LogP) is 2.23. The van der Waals surface area contributed by atoms with Crippen molar-refractivity contribution >= 4 is 23.1 Å². The molecule has 10 heteroatoms. The van der Waals surface area contributed by atoms with E-state index in [1.807, 2.05) is 19.1 Å². The summed E-state index contributed by atoms with van der Waals surface area (Å²) in [6.45, 7) is 10.3. The van der Waals surface area contributed by atoms with Crippen LogP contribution < -0.4 is 26.0 Å². The third kappa shape index (κ3) is 6.36. The van der Waals surface area contributed by atoms with Gasteiger partial charge in [-0.15, -0.1) is 0 Å². The Labute approximate surface area is 225 Å². The third-order valence-corrected chi connectivity index (χ3v) is 8.10. The van der Waals surface area contributed by atoms with Gasteiger partial charge >= 0.3 is 0 Å². The number of piperazine rings is 1. The molecule has 4 N–H and O–H groups in total. The Balaban J connectivity index is 1.23. The number of amides is 1. The first kappa shape index (κ1) is 26.6. The van der Waals surface area contributed by atoms with Crippen LogP contribution in [0.5, 0.6) is 5.88 Å². The van der Waals surface area contributed by atoms with Gasteiger partial charge in [-0.2, -0.15) is 4.98 Å². The van der Waals surface area contributed by atoms with Crippen molar-refractivity contribution in [2.75, 3.05) is 69.7 Å². The van der Waals surface area contributed by atoms with Crippen LogP contribution in [-0.2, 0) is 6.42 Å². The monoisotopic (exact) mass is 522 g/mol. The number of piperidine rings is 1. The molecule has 3 aliphatic rings. The maximum absolute atomic E-state index is 12.2. The number of aryl methyl sites for hydroxylation is 1. The molecule has 2 aromatic rings. The summed E-state index contributed by atoms with van der Waals surface area (Å²) in [4.78, 5) is 28.9. The molecular formula is C28H42N8O2. The van der Waals surface area contributed by atoms with Gasteiger partial charge < -0.3 is 30.9 Å². The van der Waals surface area contributed by atoms with Gasteiger partial charge in [0.1, 0.15) is 12.3 Å². The molecule has 1 aromatic heterocycles. The van der Waals surface area contributed by atoms with Gasteiger partial charge in [0.15, 0.2) is 11.5 Å². The van der Waals surface area contributed by atoms with Gasteiger partial charge in [0, 0.05) is 62.7 Å². The van der Waals surface area contributed by atoms with Gasteiger partial charge in [0.05, 0.1) is 0 Å². The molecule has 38 heavy (non-hydrogen) atoms. The SMILES string of the molecule is CCc1nc(C(N)=O)c(Nc2ccc(N3CCC(N4CCN(C)CC4)CC3)cc2)nc1OC[C@@H]1CCCN1. The molecule has 1 atom stereocenters. The first-order valence-electron chi connectivity index (χ1n) is 14.1. The fraction of sp³-hybridized carbons (Fsp3) is 0.607. The zero-order chi connectivity index (χ0) is 26.5. The highest BCUT2D eigenvalue weighted by Crippen LogP contribution is 2.28. The number of nitrogens with two attached hydrogens (primary N) is 1. The molecule has 4 heterocycles. The van der Waals surface area contributed by atoms with Crippen molar-refractivity contribution in [3.63, 3.8) is 0 Å². The van der Waals surface area contributed by atoms with E-state index in [0.29, 0.717) is 42.5 Å². The van der Waals surface area contributed by atoms with Crippen molar-refractivity contribution in [1.29, 1.82) is 0 Å². The zero-order valence-electron chi connectivity index (χ0n) is 22.8. The Morgan fingerprint density at radius 2 is 1.82 bits per heavy atom. The van der Waals surface area contributed by atoms with Gasteiger partial charge in [-0.25, -0.2) is 4.98 Å². The first-order valence-corrected chi connectivity index (χ1v) is 14.1. The Morgan fingerprint density at radius 1 is 1.08 bits per heavy atom. The van der Waals surface area contributed by atoms with E-state index in [2.05, 4.69) is 54.5 Å². The van der Waals surface area contributed by atoms with Crippen LogP contribution in [0.3, 0.4) is 0 Å². The second-order valence-corrected chi connectivity index (χ2v) is 10.7. The fourth-order valence-corrected chi connectivity index (χ4v) is 5.71. The van der Waals surface area contributed by atoms with Crippen LogP contribution in [0.2, 0.25) is 0 Å². The molecular weight excluding hydrogens is 480 g/mol. The van der Waals surface area contributed by atoms with Crippen LogP contribution in [0.4, 0.5) is 17.2 Å². The molecule has 0 spiro atoms. The summed E-state index contributed by atoms with van der Waals surface area (Å²) in [6, 6.07) is 9.29. The van der Waals surface area contributed by atoms with Crippen molar-refractivity contribution in [2.45, 2.75) is 51.1 Å². The minimum atomic E-state index is -0.612. The van der Waals surface area contributed by atoms with E-state index in [9.17, 15) is 4.79 Å². The van der Waals surface area contributed by atoms with Crippen LogP contribution in [0.15, 0.2) is 24.3 Å². The molecule has 1 aromatic carbocycles. The van der Waals surface area contributed by atoms with E-state index in [1.54, 1.807) is 0 Å². The Bertz CT molecular complexity index is 1070. The maximum Gasteiger partial charge on any atom is 0.271 e. The normalized spacial score (nSPS) is 21.5. The lowest BCUT2D eigenvalue weighted by molar-refractivity contribution is 0.0982. The van der Waals surface area contributed by atoms with Crippen LogP contribution in [0.1, 0.15) is 48.8 Å². The van der Waals surface area contributed by atoms with Gasteiger partial charge in [-0.1, -0.05) is 6.92 Å². The smallest absolute Gasteiger partial charge is 0.271 e. The van der Waals surface area contributed by atoms with Gasteiger partial charge in [0.2, 0.25) is 5.88 Å². The van der Waals surface area contributed by atoms with Crippen molar-refractivity contribution in [3.8, 4) is 5.88 Å². The largest absolute Gasteiger partial charge is 0.475 e. The highest BCUT2D eigenvalue weighted by Gasteiger charge is 2.27. The molecule has 3 fully saturated rings. The topological polar surface area (TPSA) is 112 Å². The predicted molar refractivity (Wildman–Crippen MR) is 150 cm³/mol. The lowest BCUT2D eigenvalue weighted by atomic mass is 10.0. The molecule has 0 unspecified atom stereocenters. The number of rotatable bonds is 9. The average molecular weight is 523 g/mol. The number of ether oxygens (including phenoxy) is 1. The number of nitrogens with zero attached hydrogens (tertiary/aromatic N) is 5. The zero-order valence-corrected chi connectivity index (χ0v) is 22.8. The number of carbonyl (C=O) groups is 1. The molecule has 0 radical (unpaired) electrons. The van der Waals surface area contributed by atoms with E-state index in [4.69, 9.17) is 10.5 Å². The minimum Gasteiger partial charge on any atom is -0.475 e. The van der Waals surface area contributed by atoms with Crippen molar-refractivity contribution in [1.82, 2.24) is 25.1 Å². The molecule has 0 bridgehead atoms. The fourth-order valence-electron chi connectivity index (χ4n) is 5.71. The standard InChI is InChI=1S/C28H42N8O2/c1-3-24-28(38-19-21-5-4-12-30-21)33-27(25(32-24)26(29)37)31-20-6-8-22(9-7-20)35-13-10-23(11-14-35)36-17-15-34(2)16-18-36/h6-9,21,23,30H,3-5,10-19H2,1-2H3,(H2,29,37)(H,31,33)/t21-/m0/s1. The highest BCUT2D eigenvalue weighted by atomic mass is 16.5. The first-order chi connectivity index (χ1) is 18.5. The quantitative estimate of drug-likeness (QED) is 0.456. The average Bonchev–Trinajstić information content (AvgIpc) is 3.46. The highest BCUT2D eigenvalue weighted by molar-refractivity contribution is 5.96. The molecule has 206 valence electrons. The van der Waals surface area contributed by atoms with Crippen LogP contribution >= 0.6 is 0 Å². The Hall–Kier alpha value is -2.95. The number of hydrogen-bond donors (Lipinski definition) is 3. The van der Waals surface area contributed by atoms with Crippen molar-refractivity contribution in [2.24, 2.45) is 5.73 Å². The van der Waals surface area contributed by atoms with Gasteiger partial charge in [-0.3, -0.25) is 9.69 Å². The van der Waals surface area contributed by atoms with Crippen molar-refractivity contribution in [3.05, 3.63) is 35.7 Å². The number of anilines is 3. The summed E-state index contributed by atoms with van der Waals surface area (Å²) in [5, 5.41) is 6.69. The van der Waals surface area contributed by atoms with E-state index in [0.717, 1.165) is 38.2 Å². The number of nitrogens with one attached hydrogen (secondary N) is 2. The summed E-state index contributed by atoms with van der Waals surface area (Å²) in [6.07, 6.45) is 5.23. The number of likely N-dealkylation sites (N-methyl/N-ethyl adjacent to an activating group) is 1. The molecule has 5 rings (SSSR count). The number of benzene rings is 1. The summed E-state index contributed by atoms with van der Waals surface area (Å²) in [7, 11) is 2.21. The number of primary amides is 1. The second kappa shape index (κ2) is 12.3. The molecule has 1 amide bonds. The number of carbonyl (C=O) groups excluding carboxylic acids is 1. The summed E-state index contributed by atoms with van der Waals surface area (Å²) in [5.74, 6) is 0.164. The Kier molecular flexibility index (Phi) is 8.61. The summed E-state index contributed by atoms with van der Waals surface area (Å²) >= 11 is 0. The molecule has 0 saturated carbocycles. The second-order valence-electron chi connectivity index (χ2n) is 10.7. The van der Waals surface area contributed by atoms with E-state index in [-0.39, 0.29) is 5.69 Å². The number of aromatic nitrogens is 2. The van der Waals surface area contributed by atoms with Gasteiger partial charge in [-0.05, 0) is 70.0 Å². The molecule has 0 aliphatic carbocycles. The van der Waals surface area contributed by atoms with Crippen LogP contribution in [0, 0.1) is 0 Å². The van der Waals surface area contributed by atoms with Crippen molar-refractivity contribution < 1.29 is 9.53 Å². The third-order valence-electron chi connectivity index (χ3n) is 8.10. The molecule has 3 saturated heterocycles. The summed E-state index contributed by atoms with van der Waals surface area (Å²) < 4.78 is 6.04. The maximum atomic E-state index is 12.2. The van der Waals surface area contributed by atoms with Gasteiger partial charge in [0.25, 0.3) is 5.91 Å². The summed E-state index contributed by atoms with van der Waals surface area (Å²) in [5.41, 5.74) is 8.46.